The van der Waals surface area contributed by atoms with Gasteiger partial charge in [-0.3, -0.25) is 4.90 Å². The summed E-state index contributed by atoms with van der Waals surface area (Å²) in [5.41, 5.74) is 1.94. The maximum absolute atomic E-state index is 13.4. The maximum atomic E-state index is 13.4. The largest absolute Gasteiger partial charge is 0.314 e. The summed E-state index contributed by atoms with van der Waals surface area (Å²) < 4.78 is 26.8. The Balaban J connectivity index is 1.98. The van der Waals surface area contributed by atoms with E-state index in [1.165, 1.54) is 24.3 Å². The first kappa shape index (κ1) is 17.5. The number of benzene rings is 2. The lowest BCUT2D eigenvalue weighted by Crippen LogP contribution is -2.52. The number of piperazine rings is 1. The molecule has 0 bridgehead atoms. The van der Waals surface area contributed by atoms with E-state index in [0.29, 0.717) is 6.42 Å². The van der Waals surface area contributed by atoms with Crippen LogP contribution in [-0.4, -0.2) is 30.6 Å². The first-order chi connectivity index (χ1) is 12.2. The Morgan fingerprint density at radius 2 is 1.60 bits per heavy atom. The van der Waals surface area contributed by atoms with Gasteiger partial charge in [0.1, 0.15) is 11.6 Å². The lowest BCUT2D eigenvalue weighted by Gasteiger charge is -2.42. The molecule has 5 heteroatoms. The summed E-state index contributed by atoms with van der Waals surface area (Å²) in [4.78, 5) is 2.34. The van der Waals surface area contributed by atoms with Crippen LogP contribution in [-0.2, 0) is 0 Å². The zero-order valence-electron chi connectivity index (χ0n) is 14.0. The predicted molar refractivity (Wildman–Crippen MR) is 92.9 cm³/mol. The van der Waals surface area contributed by atoms with E-state index in [2.05, 4.69) is 16.3 Å². The second kappa shape index (κ2) is 8.19. The minimum atomic E-state index is -0.275. The molecule has 2 aromatic rings. The van der Waals surface area contributed by atoms with E-state index >= 15 is 0 Å². The van der Waals surface area contributed by atoms with Crippen LogP contribution in [0.2, 0.25) is 0 Å². The molecule has 25 heavy (non-hydrogen) atoms. The third-order valence-corrected chi connectivity index (χ3v) is 4.69. The topological polar surface area (TPSA) is 39.1 Å². The van der Waals surface area contributed by atoms with Crippen LogP contribution in [0, 0.1) is 23.0 Å². The Labute approximate surface area is 146 Å². The second-order valence-electron chi connectivity index (χ2n) is 6.30. The van der Waals surface area contributed by atoms with E-state index < -0.39 is 0 Å². The van der Waals surface area contributed by atoms with Gasteiger partial charge < -0.3 is 5.32 Å². The molecule has 1 N–H and O–H groups in total. The molecule has 1 saturated heterocycles. The van der Waals surface area contributed by atoms with Crippen LogP contribution in [0.1, 0.15) is 30.0 Å². The highest BCUT2D eigenvalue weighted by molar-refractivity contribution is 5.32. The van der Waals surface area contributed by atoms with Crippen molar-refractivity contribution in [3.63, 3.8) is 0 Å². The molecule has 1 heterocycles. The monoisotopic (exact) mass is 341 g/mol. The quantitative estimate of drug-likeness (QED) is 0.903. The summed E-state index contributed by atoms with van der Waals surface area (Å²) in [5.74, 6) is -0.550. The van der Waals surface area contributed by atoms with Crippen molar-refractivity contribution in [1.82, 2.24) is 10.2 Å². The van der Waals surface area contributed by atoms with E-state index in [9.17, 15) is 8.78 Å². The number of hydrogen-bond acceptors (Lipinski definition) is 3. The molecular formula is C20H21F2N3. The van der Waals surface area contributed by atoms with Crippen molar-refractivity contribution in [3.05, 3.63) is 71.3 Å². The number of halogens is 2. The number of rotatable bonds is 5. The molecule has 2 aromatic carbocycles. The lowest BCUT2D eigenvalue weighted by molar-refractivity contribution is 0.119. The molecule has 3 nitrogen and oxygen atoms in total. The molecule has 1 atom stereocenters. The van der Waals surface area contributed by atoms with E-state index in [1.54, 1.807) is 24.3 Å². The molecule has 130 valence electrons. The molecule has 0 spiro atoms. The summed E-state index contributed by atoms with van der Waals surface area (Å²) in [7, 11) is 0. The van der Waals surface area contributed by atoms with Crippen molar-refractivity contribution in [2.24, 2.45) is 0 Å². The number of nitrogens with zero attached hydrogens (tertiary/aromatic N) is 2. The minimum absolute atomic E-state index is 0.0907. The van der Waals surface area contributed by atoms with E-state index in [0.717, 1.165) is 37.2 Å². The Hall–Kier alpha value is -2.29. The van der Waals surface area contributed by atoms with E-state index in [4.69, 9.17) is 5.26 Å². The van der Waals surface area contributed by atoms with Crippen LogP contribution in [0.25, 0.3) is 0 Å². The zero-order valence-corrected chi connectivity index (χ0v) is 14.0. The summed E-state index contributed by atoms with van der Waals surface area (Å²) >= 11 is 0. The number of hydrogen-bond donors (Lipinski definition) is 1. The summed E-state index contributed by atoms with van der Waals surface area (Å²) in [5, 5.41) is 12.3. The Bertz CT molecular complexity index is 677. The van der Waals surface area contributed by atoms with Gasteiger partial charge in [0.15, 0.2) is 0 Å². The van der Waals surface area contributed by atoms with Gasteiger partial charge in [-0.2, -0.15) is 5.26 Å². The van der Waals surface area contributed by atoms with Gasteiger partial charge >= 0.3 is 0 Å². The van der Waals surface area contributed by atoms with Crippen molar-refractivity contribution in [2.75, 3.05) is 19.6 Å². The summed E-state index contributed by atoms with van der Waals surface area (Å²) in [6.07, 6.45) is 1.25. The average molecular weight is 341 g/mol. The smallest absolute Gasteiger partial charge is 0.123 e. The first-order valence-corrected chi connectivity index (χ1v) is 8.53. The van der Waals surface area contributed by atoms with Gasteiger partial charge in [-0.1, -0.05) is 24.3 Å². The van der Waals surface area contributed by atoms with Crippen molar-refractivity contribution in [2.45, 2.75) is 24.9 Å². The van der Waals surface area contributed by atoms with Crippen LogP contribution in [0.15, 0.2) is 48.5 Å². The molecular weight excluding hydrogens is 320 g/mol. The van der Waals surface area contributed by atoms with Gasteiger partial charge in [0.2, 0.25) is 0 Å². The number of nitriles is 1. The lowest BCUT2D eigenvalue weighted by atomic mass is 9.93. The fourth-order valence-corrected chi connectivity index (χ4v) is 3.48. The predicted octanol–water partition coefficient (Wildman–Crippen LogP) is 3.63. The van der Waals surface area contributed by atoms with Gasteiger partial charge in [-0.15, -0.1) is 0 Å². The van der Waals surface area contributed by atoms with Gasteiger partial charge in [0, 0.05) is 32.1 Å². The van der Waals surface area contributed by atoms with Crippen molar-refractivity contribution in [1.29, 1.82) is 5.26 Å². The highest BCUT2D eigenvalue weighted by Crippen LogP contribution is 2.32. The second-order valence-corrected chi connectivity index (χ2v) is 6.30. The Morgan fingerprint density at radius 1 is 1.04 bits per heavy atom. The van der Waals surface area contributed by atoms with Crippen molar-refractivity contribution in [3.8, 4) is 6.07 Å². The molecule has 0 aliphatic carbocycles. The van der Waals surface area contributed by atoms with Gasteiger partial charge in [0.05, 0.1) is 12.1 Å². The molecule has 1 aliphatic rings. The molecule has 3 rings (SSSR count). The standard InChI is InChI=1S/C20H21F2N3/c21-17-7-3-15(4-8-17)20(16-5-9-18(22)10-6-16)25-13-12-24-14-19(25)2-1-11-23/h3-10,19-20,24H,1-2,12-14H2. The van der Waals surface area contributed by atoms with Crippen LogP contribution < -0.4 is 5.32 Å². The third kappa shape index (κ3) is 4.22. The molecule has 0 aromatic heterocycles. The zero-order chi connectivity index (χ0) is 17.6. The molecule has 0 radical (unpaired) electrons. The fourth-order valence-electron chi connectivity index (χ4n) is 3.48. The van der Waals surface area contributed by atoms with Crippen LogP contribution in [0.5, 0.6) is 0 Å². The molecule has 1 fully saturated rings. The van der Waals surface area contributed by atoms with E-state index in [-0.39, 0.29) is 23.7 Å². The van der Waals surface area contributed by atoms with Crippen LogP contribution in [0.4, 0.5) is 8.78 Å². The minimum Gasteiger partial charge on any atom is -0.314 e. The highest BCUT2D eigenvalue weighted by atomic mass is 19.1. The molecule has 1 unspecified atom stereocenters. The van der Waals surface area contributed by atoms with Gasteiger partial charge in [-0.05, 0) is 41.8 Å². The highest BCUT2D eigenvalue weighted by Gasteiger charge is 2.30. The Morgan fingerprint density at radius 3 is 2.12 bits per heavy atom. The average Bonchev–Trinajstić information content (AvgIpc) is 2.64. The van der Waals surface area contributed by atoms with Crippen LogP contribution >= 0.6 is 0 Å². The summed E-state index contributed by atoms with van der Waals surface area (Å²) in [6, 6.07) is 15.3. The summed E-state index contributed by atoms with van der Waals surface area (Å²) in [6.45, 7) is 2.47. The van der Waals surface area contributed by atoms with Crippen LogP contribution in [0.3, 0.4) is 0 Å². The SMILES string of the molecule is N#CCCC1CNCCN1C(c1ccc(F)cc1)c1ccc(F)cc1. The third-order valence-electron chi connectivity index (χ3n) is 4.69. The Kier molecular flexibility index (Phi) is 5.75. The van der Waals surface area contributed by atoms with Gasteiger partial charge in [0.25, 0.3) is 0 Å². The fraction of sp³-hybridized carbons (Fsp3) is 0.350. The maximum Gasteiger partial charge on any atom is 0.123 e. The first-order valence-electron chi connectivity index (χ1n) is 8.53. The molecule has 0 amide bonds. The number of nitrogens with one attached hydrogen (secondary N) is 1. The van der Waals surface area contributed by atoms with E-state index in [1.807, 2.05) is 0 Å². The van der Waals surface area contributed by atoms with Gasteiger partial charge in [-0.25, -0.2) is 8.78 Å². The molecule has 0 saturated carbocycles. The van der Waals surface area contributed by atoms with Crippen molar-refractivity contribution < 1.29 is 8.78 Å². The molecule has 1 aliphatic heterocycles. The van der Waals surface area contributed by atoms with Crippen molar-refractivity contribution >= 4 is 0 Å². The normalized spacial score (nSPS) is 18.2.